The number of carboxylic acids is 1. The van der Waals surface area contributed by atoms with Crippen molar-refractivity contribution in [1.82, 2.24) is 10.2 Å². The number of thioether (sulfide) groups is 1. The average molecular weight is 258 g/mol. The van der Waals surface area contributed by atoms with Crippen molar-refractivity contribution in [2.75, 3.05) is 24.6 Å². The van der Waals surface area contributed by atoms with Gasteiger partial charge in [0.1, 0.15) is 0 Å². The second kappa shape index (κ2) is 5.16. The lowest BCUT2D eigenvalue weighted by molar-refractivity contribution is -0.139. The summed E-state index contributed by atoms with van der Waals surface area (Å²) in [5.41, 5.74) is -0.479. The monoisotopic (exact) mass is 258 g/mol. The van der Waals surface area contributed by atoms with Gasteiger partial charge in [-0.25, -0.2) is 4.79 Å². The molecule has 2 fully saturated rings. The molecule has 0 radical (unpaired) electrons. The zero-order valence-electron chi connectivity index (χ0n) is 9.78. The smallest absolute Gasteiger partial charge is 0.317 e. The number of amides is 2. The molecule has 0 atom stereocenters. The van der Waals surface area contributed by atoms with Crippen molar-refractivity contribution in [2.24, 2.45) is 0 Å². The van der Waals surface area contributed by atoms with Crippen molar-refractivity contribution in [3.05, 3.63) is 0 Å². The number of nitrogens with zero attached hydrogens (tertiary/aromatic N) is 1. The fraction of sp³-hybridized carbons (Fsp3) is 0.818. The van der Waals surface area contributed by atoms with E-state index in [9.17, 15) is 9.59 Å². The van der Waals surface area contributed by atoms with Crippen LogP contribution in [0.15, 0.2) is 0 Å². The Morgan fingerprint density at radius 2 is 1.94 bits per heavy atom. The third kappa shape index (κ3) is 3.06. The molecule has 2 N–H and O–H groups in total. The van der Waals surface area contributed by atoms with E-state index in [1.165, 1.54) is 0 Å². The van der Waals surface area contributed by atoms with E-state index in [4.69, 9.17) is 5.11 Å². The highest BCUT2D eigenvalue weighted by molar-refractivity contribution is 7.99. The Hall–Kier alpha value is -0.910. The molecular weight excluding hydrogens is 240 g/mol. The maximum atomic E-state index is 12.0. The van der Waals surface area contributed by atoms with Crippen LogP contribution in [0, 0.1) is 0 Å². The molecule has 0 aromatic carbocycles. The topological polar surface area (TPSA) is 69.6 Å². The van der Waals surface area contributed by atoms with Gasteiger partial charge in [0, 0.05) is 24.6 Å². The van der Waals surface area contributed by atoms with Crippen LogP contribution in [0.2, 0.25) is 0 Å². The van der Waals surface area contributed by atoms with E-state index in [1.807, 2.05) is 11.8 Å². The largest absolute Gasteiger partial charge is 0.481 e. The average Bonchev–Trinajstić information content (AvgIpc) is 2.26. The lowest BCUT2D eigenvalue weighted by Crippen LogP contribution is -2.58. The van der Waals surface area contributed by atoms with E-state index in [0.29, 0.717) is 0 Å². The molecule has 1 aliphatic carbocycles. The molecule has 0 unspecified atom stereocenters. The van der Waals surface area contributed by atoms with Crippen LogP contribution >= 0.6 is 11.8 Å². The molecular formula is C11H18N2O3S. The zero-order chi connectivity index (χ0) is 12.3. The number of hydrogen-bond acceptors (Lipinski definition) is 3. The number of hydrogen-bond donors (Lipinski definition) is 2. The highest BCUT2D eigenvalue weighted by Gasteiger charge is 2.41. The fourth-order valence-electron chi connectivity index (χ4n) is 2.31. The Bertz CT molecular complexity index is 312. The van der Waals surface area contributed by atoms with Gasteiger partial charge in [-0.3, -0.25) is 4.79 Å². The molecule has 1 heterocycles. The first kappa shape index (κ1) is 12.5. The van der Waals surface area contributed by atoms with Crippen molar-refractivity contribution in [1.29, 1.82) is 0 Å². The number of carbonyl (C=O) groups is 2. The van der Waals surface area contributed by atoms with E-state index in [-0.39, 0.29) is 12.5 Å². The van der Waals surface area contributed by atoms with E-state index in [1.54, 1.807) is 4.90 Å². The van der Waals surface area contributed by atoms with Crippen molar-refractivity contribution in [3.8, 4) is 0 Å². The summed E-state index contributed by atoms with van der Waals surface area (Å²) in [6.07, 6.45) is 2.62. The molecule has 1 aliphatic heterocycles. The molecule has 0 bridgehead atoms. The molecule has 2 amide bonds. The highest BCUT2D eigenvalue weighted by atomic mass is 32.2. The van der Waals surface area contributed by atoms with Crippen LogP contribution in [0.1, 0.15) is 25.7 Å². The minimum absolute atomic E-state index is 0.0430. The summed E-state index contributed by atoms with van der Waals surface area (Å²) in [4.78, 5) is 24.6. The molecule has 1 saturated carbocycles. The van der Waals surface area contributed by atoms with Gasteiger partial charge in [0.2, 0.25) is 0 Å². The Kier molecular flexibility index (Phi) is 3.81. The van der Waals surface area contributed by atoms with Gasteiger partial charge in [-0.05, 0) is 19.3 Å². The van der Waals surface area contributed by atoms with Crippen molar-refractivity contribution in [2.45, 2.75) is 31.2 Å². The van der Waals surface area contributed by atoms with Gasteiger partial charge in [0.25, 0.3) is 0 Å². The Balaban J connectivity index is 1.89. The van der Waals surface area contributed by atoms with Crippen LogP contribution in [0.5, 0.6) is 0 Å². The standard InChI is InChI=1S/C11H18N2O3S/c14-9(15)8-11(2-1-3-11)12-10(16)13-4-6-17-7-5-13/h1-8H2,(H,12,16)(H,14,15). The first-order valence-corrected chi connectivity index (χ1v) is 7.13. The molecule has 0 spiro atoms. The van der Waals surface area contributed by atoms with E-state index in [2.05, 4.69) is 5.32 Å². The summed E-state index contributed by atoms with van der Waals surface area (Å²) >= 11 is 1.85. The van der Waals surface area contributed by atoms with Gasteiger partial charge in [-0.15, -0.1) is 0 Å². The molecule has 96 valence electrons. The van der Waals surface area contributed by atoms with Gasteiger partial charge in [0.05, 0.1) is 12.0 Å². The third-order valence-electron chi connectivity index (χ3n) is 3.47. The van der Waals surface area contributed by atoms with Crippen molar-refractivity contribution in [3.63, 3.8) is 0 Å². The van der Waals surface area contributed by atoms with Crippen molar-refractivity contribution >= 4 is 23.8 Å². The van der Waals surface area contributed by atoms with Gasteiger partial charge in [-0.1, -0.05) is 0 Å². The molecule has 5 nitrogen and oxygen atoms in total. The number of carboxylic acid groups (broad SMARTS) is 1. The predicted molar refractivity (Wildman–Crippen MR) is 66.3 cm³/mol. The molecule has 1 saturated heterocycles. The summed E-state index contributed by atoms with van der Waals surface area (Å²) in [5.74, 6) is 1.11. The Morgan fingerprint density at radius 3 is 2.41 bits per heavy atom. The second-order valence-corrected chi connectivity index (χ2v) is 5.96. The lowest BCUT2D eigenvalue weighted by atomic mass is 9.74. The van der Waals surface area contributed by atoms with Gasteiger partial charge >= 0.3 is 12.0 Å². The number of rotatable bonds is 3. The number of urea groups is 1. The van der Waals surface area contributed by atoms with Gasteiger partial charge in [-0.2, -0.15) is 11.8 Å². The Morgan fingerprint density at radius 1 is 1.29 bits per heavy atom. The van der Waals surface area contributed by atoms with Gasteiger partial charge < -0.3 is 15.3 Å². The summed E-state index contributed by atoms with van der Waals surface area (Å²) in [6.45, 7) is 1.53. The predicted octanol–water partition coefficient (Wildman–Crippen LogP) is 1.14. The normalized spacial score (nSPS) is 22.7. The molecule has 6 heteroatoms. The van der Waals surface area contributed by atoms with Crippen molar-refractivity contribution < 1.29 is 14.7 Å². The van der Waals surface area contributed by atoms with Crippen LogP contribution in [0.25, 0.3) is 0 Å². The van der Waals surface area contributed by atoms with Crippen LogP contribution in [-0.4, -0.2) is 52.1 Å². The molecule has 2 rings (SSSR count). The SMILES string of the molecule is O=C(O)CC1(NC(=O)N2CCSCC2)CCC1. The summed E-state index contributed by atoms with van der Waals surface area (Å²) in [7, 11) is 0. The van der Waals surface area contributed by atoms with E-state index >= 15 is 0 Å². The summed E-state index contributed by atoms with van der Waals surface area (Å²) in [6, 6.07) is -0.0914. The molecule has 0 aromatic heterocycles. The number of carbonyl (C=O) groups excluding carboxylic acids is 1. The van der Waals surface area contributed by atoms with E-state index in [0.717, 1.165) is 43.9 Å². The van der Waals surface area contributed by atoms with Crippen LogP contribution < -0.4 is 5.32 Å². The second-order valence-electron chi connectivity index (χ2n) is 4.73. The fourth-order valence-corrected chi connectivity index (χ4v) is 3.21. The number of aliphatic carboxylic acids is 1. The minimum Gasteiger partial charge on any atom is -0.481 e. The van der Waals surface area contributed by atoms with E-state index < -0.39 is 11.5 Å². The quantitative estimate of drug-likeness (QED) is 0.796. The minimum atomic E-state index is -0.834. The zero-order valence-corrected chi connectivity index (χ0v) is 10.6. The lowest BCUT2D eigenvalue weighted by Gasteiger charge is -2.43. The Labute approximate surface area is 105 Å². The van der Waals surface area contributed by atoms with Crippen LogP contribution in [-0.2, 0) is 4.79 Å². The molecule has 17 heavy (non-hydrogen) atoms. The van der Waals surface area contributed by atoms with Crippen LogP contribution in [0.4, 0.5) is 4.79 Å². The van der Waals surface area contributed by atoms with Crippen LogP contribution in [0.3, 0.4) is 0 Å². The first-order chi connectivity index (χ1) is 8.11. The molecule has 2 aliphatic rings. The third-order valence-corrected chi connectivity index (χ3v) is 4.41. The maximum Gasteiger partial charge on any atom is 0.317 e. The molecule has 0 aromatic rings. The summed E-state index contributed by atoms with van der Waals surface area (Å²) in [5, 5.41) is 11.8. The highest BCUT2D eigenvalue weighted by Crippen LogP contribution is 2.35. The van der Waals surface area contributed by atoms with Gasteiger partial charge in [0.15, 0.2) is 0 Å². The summed E-state index contributed by atoms with van der Waals surface area (Å²) < 4.78 is 0. The maximum absolute atomic E-state index is 12.0. The number of nitrogens with one attached hydrogen (secondary N) is 1. The first-order valence-electron chi connectivity index (χ1n) is 5.98.